The number of rotatable bonds is 4. The van der Waals surface area contributed by atoms with Crippen LogP contribution in [0.25, 0.3) is 0 Å². The molecule has 0 saturated heterocycles. The van der Waals surface area contributed by atoms with Crippen molar-refractivity contribution in [2.75, 3.05) is 17.6 Å². The van der Waals surface area contributed by atoms with Crippen molar-refractivity contribution in [2.45, 2.75) is 34.1 Å². The molecule has 3 N–H and O–H groups in total. The summed E-state index contributed by atoms with van der Waals surface area (Å²) in [7, 11) is 0. The van der Waals surface area contributed by atoms with Gasteiger partial charge in [0, 0.05) is 12.7 Å². The van der Waals surface area contributed by atoms with Gasteiger partial charge in [0.25, 0.3) is 0 Å². The molecule has 0 radical (unpaired) electrons. The Morgan fingerprint density at radius 3 is 2.67 bits per heavy atom. The third-order valence-corrected chi connectivity index (χ3v) is 2.75. The smallest absolute Gasteiger partial charge is 0.149 e. The first kappa shape index (κ1) is 11.8. The average molecular weight is 207 g/mol. The Morgan fingerprint density at radius 2 is 2.13 bits per heavy atom. The van der Waals surface area contributed by atoms with Gasteiger partial charge in [0.2, 0.25) is 0 Å². The van der Waals surface area contributed by atoms with Crippen LogP contribution in [0.3, 0.4) is 0 Å². The topological polar surface area (TPSA) is 50.9 Å². The van der Waals surface area contributed by atoms with Crippen molar-refractivity contribution in [2.24, 2.45) is 5.41 Å². The number of nitrogens with two attached hydrogens (primary N) is 1. The summed E-state index contributed by atoms with van der Waals surface area (Å²) >= 11 is 0. The molecule has 0 amide bonds. The van der Waals surface area contributed by atoms with Crippen LogP contribution in [0.15, 0.2) is 12.3 Å². The maximum Gasteiger partial charge on any atom is 0.149 e. The molecule has 1 rings (SSSR count). The number of nitrogens with zero attached hydrogens (tertiary/aromatic N) is 1. The largest absolute Gasteiger partial charge is 0.396 e. The maximum atomic E-state index is 5.87. The van der Waals surface area contributed by atoms with Crippen LogP contribution in [0.5, 0.6) is 0 Å². The summed E-state index contributed by atoms with van der Waals surface area (Å²) in [6.45, 7) is 9.52. The molecule has 0 bridgehead atoms. The lowest BCUT2D eigenvalue weighted by Crippen LogP contribution is -2.22. The monoisotopic (exact) mass is 207 g/mol. The fourth-order valence-corrected chi connectivity index (χ4v) is 1.19. The van der Waals surface area contributed by atoms with E-state index in [4.69, 9.17) is 5.73 Å². The molecule has 1 aromatic heterocycles. The number of aryl methyl sites for hydroxylation is 1. The number of hydrogen-bond acceptors (Lipinski definition) is 3. The van der Waals surface area contributed by atoms with Crippen LogP contribution in [-0.2, 0) is 0 Å². The highest BCUT2D eigenvalue weighted by atomic mass is 15.0. The van der Waals surface area contributed by atoms with E-state index in [1.54, 1.807) is 0 Å². The Balaban J connectivity index is 2.66. The zero-order valence-electron chi connectivity index (χ0n) is 10.1. The second kappa shape index (κ2) is 4.51. The molecule has 15 heavy (non-hydrogen) atoms. The Morgan fingerprint density at radius 1 is 1.47 bits per heavy atom. The van der Waals surface area contributed by atoms with E-state index < -0.39 is 0 Å². The SMILES string of the molecule is CCC(C)(C)CNc1ncc(C)cc1N. The molecule has 0 aliphatic rings. The molecule has 3 nitrogen and oxygen atoms in total. The van der Waals surface area contributed by atoms with E-state index in [2.05, 4.69) is 31.1 Å². The standard InChI is InChI=1S/C12H21N3/c1-5-12(3,4)8-15-11-10(13)6-9(2)7-14-11/h6-7H,5,8,13H2,1-4H3,(H,14,15). The summed E-state index contributed by atoms with van der Waals surface area (Å²) in [6.07, 6.45) is 2.96. The summed E-state index contributed by atoms with van der Waals surface area (Å²) in [5.41, 5.74) is 7.96. The molecular formula is C12H21N3. The van der Waals surface area contributed by atoms with E-state index >= 15 is 0 Å². The van der Waals surface area contributed by atoms with Crippen LogP contribution in [0, 0.1) is 12.3 Å². The van der Waals surface area contributed by atoms with Gasteiger partial charge in [0.15, 0.2) is 0 Å². The number of anilines is 2. The van der Waals surface area contributed by atoms with Gasteiger partial charge in [-0.25, -0.2) is 4.98 Å². The van der Waals surface area contributed by atoms with E-state index in [-0.39, 0.29) is 5.41 Å². The zero-order chi connectivity index (χ0) is 11.5. The predicted molar refractivity (Wildman–Crippen MR) is 65.9 cm³/mol. The van der Waals surface area contributed by atoms with Crippen LogP contribution in [0.2, 0.25) is 0 Å². The highest BCUT2D eigenvalue weighted by molar-refractivity contribution is 5.61. The number of aromatic nitrogens is 1. The number of pyridine rings is 1. The van der Waals surface area contributed by atoms with Crippen molar-refractivity contribution < 1.29 is 0 Å². The first-order valence-corrected chi connectivity index (χ1v) is 5.40. The van der Waals surface area contributed by atoms with E-state index in [1.165, 1.54) is 0 Å². The lowest BCUT2D eigenvalue weighted by Gasteiger charge is -2.23. The summed E-state index contributed by atoms with van der Waals surface area (Å²) < 4.78 is 0. The van der Waals surface area contributed by atoms with E-state index in [1.807, 2.05) is 19.2 Å². The van der Waals surface area contributed by atoms with Crippen molar-refractivity contribution in [3.63, 3.8) is 0 Å². The molecule has 1 heterocycles. The molecule has 0 spiro atoms. The van der Waals surface area contributed by atoms with Crippen LogP contribution in [0.4, 0.5) is 11.5 Å². The maximum absolute atomic E-state index is 5.87. The first-order chi connectivity index (χ1) is 6.94. The number of hydrogen-bond donors (Lipinski definition) is 2. The molecule has 0 saturated carbocycles. The molecule has 3 heteroatoms. The van der Waals surface area contributed by atoms with Crippen LogP contribution < -0.4 is 11.1 Å². The predicted octanol–water partition coefficient (Wildman–Crippen LogP) is 2.82. The molecule has 0 fully saturated rings. The van der Waals surface area contributed by atoms with Crippen LogP contribution >= 0.6 is 0 Å². The Bertz CT molecular complexity index is 332. The quantitative estimate of drug-likeness (QED) is 0.798. The summed E-state index contributed by atoms with van der Waals surface area (Å²) in [6, 6.07) is 1.94. The van der Waals surface area contributed by atoms with Gasteiger partial charge in [-0.15, -0.1) is 0 Å². The van der Waals surface area contributed by atoms with Gasteiger partial charge in [0.05, 0.1) is 5.69 Å². The molecule has 0 aliphatic heterocycles. The highest BCUT2D eigenvalue weighted by Gasteiger charge is 2.15. The second-order valence-corrected chi connectivity index (χ2v) is 4.82. The minimum absolute atomic E-state index is 0.277. The van der Waals surface area contributed by atoms with Gasteiger partial charge in [-0.3, -0.25) is 0 Å². The first-order valence-electron chi connectivity index (χ1n) is 5.40. The van der Waals surface area contributed by atoms with Crippen molar-refractivity contribution >= 4 is 11.5 Å². The third kappa shape index (κ3) is 3.42. The van der Waals surface area contributed by atoms with Gasteiger partial charge in [-0.05, 0) is 30.4 Å². The van der Waals surface area contributed by atoms with E-state index in [9.17, 15) is 0 Å². The van der Waals surface area contributed by atoms with Crippen molar-refractivity contribution in [3.05, 3.63) is 17.8 Å². The Labute approximate surface area is 92.1 Å². The summed E-state index contributed by atoms with van der Waals surface area (Å²) in [5, 5.41) is 3.30. The molecule has 1 aromatic rings. The van der Waals surface area contributed by atoms with Crippen molar-refractivity contribution in [3.8, 4) is 0 Å². The van der Waals surface area contributed by atoms with E-state index in [0.29, 0.717) is 0 Å². The number of nitrogen functional groups attached to an aromatic ring is 1. The second-order valence-electron chi connectivity index (χ2n) is 4.82. The van der Waals surface area contributed by atoms with Crippen molar-refractivity contribution in [1.82, 2.24) is 4.98 Å². The van der Waals surface area contributed by atoms with Crippen LogP contribution in [-0.4, -0.2) is 11.5 Å². The van der Waals surface area contributed by atoms with E-state index in [0.717, 1.165) is 30.0 Å². The molecule has 0 aliphatic carbocycles. The van der Waals surface area contributed by atoms with Crippen LogP contribution in [0.1, 0.15) is 32.8 Å². The van der Waals surface area contributed by atoms with Crippen molar-refractivity contribution in [1.29, 1.82) is 0 Å². The molecule has 0 atom stereocenters. The summed E-state index contributed by atoms with van der Waals surface area (Å²) in [4.78, 5) is 4.28. The Hall–Kier alpha value is -1.25. The van der Waals surface area contributed by atoms with Gasteiger partial charge >= 0.3 is 0 Å². The number of nitrogens with one attached hydrogen (secondary N) is 1. The fraction of sp³-hybridized carbons (Fsp3) is 0.583. The average Bonchev–Trinajstić information content (AvgIpc) is 2.16. The minimum Gasteiger partial charge on any atom is -0.396 e. The minimum atomic E-state index is 0.277. The Kier molecular flexibility index (Phi) is 3.56. The molecular weight excluding hydrogens is 186 g/mol. The molecule has 84 valence electrons. The summed E-state index contributed by atoms with van der Waals surface area (Å²) in [5.74, 6) is 0.794. The molecule has 0 aromatic carbocycles. The van der Waals surface area contributed by atoms with Gasteiger partial charge < -0.3 is 11.1 Å². The normalized spacial score (nSPS) is 11.5. The van der Waals surface area contributed by atoms with Gasteiger partial charge in [-0.2, -0.15) is 0 Å². The van der Waals surface area contributed by atoms with Gasteiger partial charge in [0.1, 0.15) is 5.82 Å². The molecule has 0 unspecified atom stereocenters. The third-order valence-electron chi connectivity index (χ3n) is 2.75. The highest BCUT2D eigenvalue weighted by Crippen LogP contribution is 2.22. The fourth-order valence-electron chi connectivity index (χ4n) is 1.19. The van der Waals surface area contributed by atoms with Gasteiger partial charge in [-0.1, -0.05) is 20.8 Å². The zero-order valence-corrected chi connectivity index (χ0v) is 10.1. The lowest BCUT2D eigenvalue weighted by atomic mass is 9.90. The lowest BCUT2D eigenvalue weighted by molar-refractivity contribution is 0.376.